The van der Waals surface area contributed by atoms with Gasteiger partial charge in [0.25, 0.3) is 0 Å². The average Bonchev–Trinajstić information content (AvgIpc) is 2.36. The summed E-state index contributed by atoms with van der Waals surface area (Å²) in [5, 5.41) is 3.51. The maximum absolute atomic E-state index is 3.51. The van der Waals surface area contributed by atoms with E-state index in [1.165, 1.54) is 45.3 Å². The first-order chi connectivity index (χ1) is 5.33. The zero-order chi connectivity index (χ0) is 7.73. The Morgan fingerprint density at radius 3 is 2.64 bits per heavy atom. The molecule has 0 aromatic heterocycles. The third kappa shape index (κ3) is 1.18. The molecule has 2 rings (SSSR count). The number of hydrogen-bond acceptors (Lipinski definition) is 2. The molecule has 2 saturated heterocycles. The first-order valence-electron chi connectivity index (χ1n) is 4.75. The first kappa shape index (κ1) is 7.56. The molecule has 1 N–H and O–H groups in total. The summed E-state index contributed by atoms with van der Waals surface area (Å²) in [5.41, 5.74) is 0.554. The number of rotatable bonds is 0. The second-order valence-corrected chi connectivity index (χ2v) is 4.03. The van der Waals surface area contributed by atoms with Crippen LogP contribution in [0.25, 0.3) is 0 Å². The van der Waals surface area contributed by atoms with Crippen molar-refractivity contribution >= 4 is 0 Å². The molecule has 1 atom stereocenters. The van der Waals surface area contributed by atoms with E-state index in [1.54, 1.807) is 0 Å². The molecule has 0 amide bonds. The summed E-state index contributed by atoms with van der Waals surface area (Å²) in [6.45, 7) is 3.76. The van der Waals surface area contributed by atoms with Crippen LogP contribution < -0.4 is 5.32 Å². The molecule has 0 aromatic carbocycles. The minimum atomic E-state index is 0.554. The van der Waals surface area contributed by atoms with E-state index < -0.39 is 0 Å². The fraction of sp³-hybridized carbons (Fsp3) is 1.00. The second kappa shape index (κ2) is 2.76. The molecular formula is C9H18N2. The normalized spacial score (nSPS) is 40.1. The number of piperidine rings is 1. The molecule has 1 spiro atoms. The van der Waals surface area contributed by atoms with Gasteiger partial charge in [-0.3, -0.25) is 4.90 Å². The first-order valence-corrected chi connectivity index (χ1v) is 4.75. The zero-order valence-corrected chi connectivity index (χ0v) is 7.40. The highest BCUT2D eigenvalue weighted by atomic mass is 15.2. The van der Waals surface area contributed by atoms with E-state index in [0.29, 0.717) is 5.54 Å². The molecule has 0 radical (unpaired) electrons. The monoisotopic (exact) mass is 154 g/mol. The Kier molecular flexibility index (Phi) is 1.90. The minimum absolute atomic E-state index is 0.554. The van der Waals surface area contributed by atoms with Crippen molar-refractivity contribution < 1.29 is 0 Å². The highest BCUT2D eigenvalue weighted by molar-refractivity contribution is 4.97. The average molecular weight is 154 g/mol. The Morgan fingerprint density at radius 2 is 2.09 bits per heavy atom. The molecule has 11 heavy (non-hydrogen) atoms. The molecule has 2 nitrogen and oxygen atoms in total. The van der Waals surface area contributed by atoms with Gasteiger partial charge in [0.15, 0.2) is 0 Å². The molecule has 0 aromatic rings. The van der Waals surface area contributed by atoms with Crippen molar-refractivity contribution in [2.24, 2.45) is 0 Å². The third-order valence-electron chi connectivity index (χ3n) is 3.40. The summed E-state index contributed by atoms with van der Waals surface area (Å²) < 4.78 is 0. The van der Waals surface area contributed by atoms with Gasteiger partial charge in [0.2, 0.25) is 0 Å². The Morgan fingerprint density at radius 1 is 1.27 bits per heavy atom. The molecule has 2 heteroatoms. The van der Waals surface area contributed by atoms with E-state index >= 15 is 0 Å². The van der Waals surface area contributed by atoms with Crippen LogP contribution in [-0.4, -0.2) is 37.1 Å². The van der Waals surface area contributed by atoms with E-state index in [1.807, 2.05) is 0 Å². The second-order valence-electron chi connectivity index (χ2n) is 4.03. The summed E-state index contributed by atoms with van der Waals surface area (Å²) in [4.78, 5) is 2.55. The van der Waals surface area contributed by atoms with Crippen molar-refractivity contribution in [2.75, 3.05) is 26.7 Å². The fourth-order valence-corrected chi connectivity index (χ4v) is 2.56. The molecule has 1 unspecified atom stereocenters. The largest absolute Gasteiger partial charge is 0.315 e. The Hall–Kier alpha value is -0.0800. The molecule has 2 aliphatic heterocycles. The molecular weight excluding hydrogens is 136 g/mol. The van der Waals surface area contributed by atoms with Gasteiger partial charge in [-0.15, -0.1) is 0 Å². The maximum Gasteiger partial charge on any atom is 0.0331 e. The van der Waals surface area contributed by atoms with Gasteiger partial charge < -0.3 is 5.32 Å². The van der Waals surface area contributed by atoms with Crippen LogP contribution in [0, 0.1) is 0 Å². The van der Waals surface area contributed by atoms with E-state index in [-0.39, 0.29) is 0 Å². The lowest BCUT2D eigenvalue weighted by molar-refractivity contribution is 0.134. The number of nitrogens with zero attached hydrogens (tertiary/aromatic N) is 1. The standard InChI is InChI=1S/C9H18N2/c1-11-7-3-5-9(11)4-2-6-10-8-9/h10H,2-8H2,1H3. The number of likely N-dealkylation sites (N-methyl/N-ethyl adjacent to an activating group) is 1. The van der Waals surface area contributed by atoms with Crippen LogP contribution >= 0.6 is 0 Å². The lowest BCUT2D eigenvalue weighted by atomic mass is 9.88. The topological polar surface area (TPSA) is 15.3 Å². The van der Waals surface area contributed by atoms with Crippen LogP contribution in [0.2, 0.25) is 0 Å². The molecule has 0 saturated carbocycles. The molecule has 2 heterocycles. The quantitative estimate of drug-likeness (QED) is 0.556. The van der Waals surface area contributed by atoms with Gasteiger partial charge in [-0.05, 0) is 45.8 Å². The minimum Gasteiger partial charge on any atom is -0.315 e. The van der Waals surface area contributed by atoms with Crippen LogP contribution in [0.4, 0.5) is 0 Å². The summed E-state index contributed by atoms with van der Waals surface area (Å²) in [5.74, 6) is 0. The maximum atomic E-state index is 3.51. The lowest BCUT2D eigenvalue weighted by Gasteiger charge is -2.39. The smallest absolute Gasteiger partial charge is 0.0331 e. The van der Waals surface area contributed by atoms with E-state index in [2.05, 4.69) is 17.3 Å². The fourth-order valence-electron chi connectivity index (χ4n) is 2.56. The third-order valence-corrected chi connectivity index (χ3v) is 3.40. The predicted molar refractivity (Wildman–Crippen MR) is 46.7 cm³/mol. The zero-order valence-electron chi connectivity index (χ0n) is 7.40. The highest BCUT2D eigenvalue weighted by Gasteiger charge is 2.38. The summed E-state index contributed by atoms with van der Waals surface area (Å²) >= 11 is 0. The van der Waals surface area contributed by atoms with E-state index in [0.717, 1.165) is 0 Å². The van der Waals surface area contributed by atoms with Gasteiger partial charge in [0.05, 0.1) is 0 Å². The summed E-state index contributed by atoms with van der Waals surface area (Å²) in [6.07, 6.45) is 5.59. The summed E-state index contributed by atoms with van der Waals surface area (Å²) in [7, 11) is 2.28. The van der Waals surface area contributed by atoms with Crippen LogP contribution in [-0.2, 0) is 0 Å². The molecule has 0 aliphatic carbocycles. The Bertz CT molecular complexity index is 138. The number of nitrogens with one attached hydrogen (secondary N) is 1. The van der Waals surface area contributed by atoms with Crippen LogP contribution in [0.15, 0.2) is 0 Å². The van der Waals surface area contributed by atoms with Gasteiger partial charge in [0.1, 0.15) is 0 Å². The van der Waals surface area contributed by atoms with Crippen molar-refractivity contribution in [1.29, 1.82) is 0 Å². The molecule has 0 bridgehead atoms. The highest BCUT2D eigenvalue weighted by Crippen LogP contribution is 2.32. The van der Waals surface area contributed by atoms with Crippen LogP contribution in [0.1, 0.15) is 25.7 Å². The van der Waals surface area contributed by atoms with Crippen molar-refractivity contribution in [3.8, 4) is 0 Å². The Balaban J connectivity index is 2.06. The van der Waals surface area contributed by atoms with Crippen molar-refractivity contribution in [2.45, 2.75) is 31.2 Å². The van der Waals surface area contributed by atoms with Crippen molar-refractivity contribution in [1.82, 2.24) is 10.2 Å². The number of hydrogen-bond donors (Lipinski definition) is 1. The van der Waals surface area contributed by atoms with E-state index in [4.69, 9.17) is 0 Å². The van der Waals surface area contributed by atoms with Gasteiger partial charge in [-0.2, -0.15) is 0 Å². The number of likely N-dealkylation sites (tertiary alicyclic amines) is 1. The van der Waals surface area contributed by atoms with Gasteiger partial charge in [-0.25, -0.2) is 0 Å². The van der Waals surface area contributed by atoms with Crippen LogP contribution in [0.5, 0.6) is 0 Å². The van der Waals surface area contributed by atoms with Crippen LogP contribution in [0.3, 0.4) is 0 Å². The predicted octanol–water partition coefficient (Wildman–Crippen LogP) is 0.834. The summed E-state index contributed by atoms with van der Waals surface area (Å²) in [6, 6.07) is 0. The Labute approximate surface area is 69.0 Å². The van der Waals surface area contributed by atoms with E-state index in [9.17, 15) is 0 Å². The van der Waals surface area contributed by atoms with Gasteiger partial charge in [-0.1, -0.05) is 0 Å². The molecule has 2 aliphatic rings. The van der Waals surface area contributed by atoms with Gasteiger partial charge in [0, 0.05) is 12.1 Å². The lowest BCUT2D eigenvalue weighted by Crippen LogP contribution is -2.52. The molecule has 64 valence electrons. The van der Waals surface area contributed by atoms with Gasteiger partial charge >= 0.3 is 0 Å². The van der Waals surface area contributed by atoms with Crippen molar-refractivity contribution in [3.05, 3.63) is 0 Å². The van der Waals surface area contributed by atoms with Crippen molar-refractivity contribution in [3.63, 3.8) is 0 Å². The SMILES string of the molecule is CN1CCCC12CCCNC2. The molecule has 2 fully saturated rings.